The summed E-state index contributed by atoms with van der Waals surface area (Å²) in [5, 5.41) is 16.8. The number of nitrogens with one attached hydrogen (secondary N) is 2. The molecule has 1 heterocycles. The highest BCUT2D eigenvalue weighted by atomic mass is 32.1. The lowest BCUT2D eigenvalue weighted by Crippen LogP contribution is -2.46. The van der Waals surface area contributed by atoms with E-state index in [9.17, 15) is 19.1 Å². The fourth-order valence-corrected chi connectivity index (χ4v) is 4.44. The second-order valence-electron chi connectivity index (χ2n) is 7.66. The van der Waals surface area contributed by atoms with E-state index >= 15 is 0 Å². The number of aliphatic hydroxyl groups is 1. The van der Waals surface area contributed by atoms with Crippen molar-refractivity contribution in [1.82, 2.24) is 10.3 Å². The van der Waals surface area contributed by atoms with Crippen LogP contribution >= 0.6 is 11.3 Å². The zero-order valence-electron chi connectivity index (χ0n) is 16.4. The Morgan fingerprint density at radius 2 is 2.10 bits per heavy atom. The van der Waals surface area contributed by atoms with E-state index in [4.69, 9.17) is 0 Å². The summed E-state index contributed by atoms with van der Waals surface area (Å²) in [6, 6.07) is 5.74. The third-order valence-corrected chi connectivity index (χ3v) is 6.63. The third kappa shape index (κ3) is 5.19. The molecule has 156 valence electrons. The maximum atomic E-state index is 13.7. The lowest BCUT2D eigenvalue weighted by Gasteiger charge is -2.47. The van der Waals surface area contributed by atoms with Gasteiger partial charge in [0, 0.05) is 18.5 Å². The minimum atomic E-state index is -0.596. The van der Waals surface area contributed by atoms with Gasteiger partial charge in [0.2, 0.25) is 5.91 Å². The van der Waals surface area contributed by atoms with Crippen molar-refractivity contribution in [3.63, 3.8) is 0 Å². The predicted molar refractivity (Wildman–Crippen MR) is 110 cm³/mol. The molecule has 3 N–H and O–H groups in total. The SMILES string of the molecule is C[C@H](CCO)C1(CNC(=O)Cc2csc(NC(=O)c3ccccc3F)n2)CCC1. The topological polar surface area (TPSA) is 91.3 Å². The van der Waals surface area contributed by atoms with E-state index in [2.05, 4.69) is 22.5 Å². The highest BCUT2D eigenvalue weighted by molar-refractivity contribution is 7.14. The zero-order valence-corrected chi connectivity index (χ0v) is 17.2. The summed E-state index contributed by atoms with van der Waals surface area (Å²) in [7, 11) is 0. The first-order valence-electron chi connectivity index (χ1n) is 9.81. The van der Waals surface area contributed by atoms with Gasteiger partial charge in [-0.2, -0.15) is 0 Å². The van der Waals surface area contributed by atoms with E-state index in [0.717, 1.165) is 25.7 Å². The minimum Gasteiger partial charge on any atom is -0.396 e. The maximum Gasteiger partial charge on any atom is 0.260 e. The second-order valence-corrected chi connectivity index (χ2v) is 8.52. The molecular weight excluding hydrogens is 393 g/mol. The van der Waals surface area contributed by atoms with E-state index < -0.39 is 11.7 Å². The number of thiazole rings is 1. The van der Waals surface area contributed by atoms with Gasteiger partial charge in [-0.25, -0.2) is 9.37 Å². The minimum absolute atomic E-state index is 0.0511. The van der Waals surface area contributed by atoms with Gasteiger partial charge in [0.05, 0.1) is 17.7 Å². The number of anilines is 1. The zero-order chi connectivity index (χ0) is 20.9. The van der Waals surface area contributed by atoms with Crippen molar-refractivity contribution in [3.8, 4) is 0 Å². The Morgan fingerprint density at radius 1 is 1.34 bits per heavy atom. The lowest BCUT2D eigenvalue weighted by molar-refractivity contribution is -0.121. The molecule has 1 aliphatic carbocycles. The highest BCUT2D eigenvalue weighted by Crippen LogP contribution is 2.47. The summed E-state index contributed by atoms with van der Waals surface area (Å²) >= 11 is 1.20. The molecule has 6 nitrogen and oxygen atoms in total. The number of hydrogen-bond donors (Lipinski definition) is 3. The number of nitrogens with zero attached hydrogens (tertiary/aromatic N) is 1. The van der Waals surface area contributed by atoms with E-state index in [1.165, 1.54) is 29.5 Å². The Labute approximate surface area is 173 Å². The monoisotopic (exact) mass is 419 g/mol. The Bertz CT molecular complexity index is 866. The van der Waals surface area contributed by atoms with Crippen molar-refractivity contribution in [2.75, 3.05) is 18.5 Å². The van der Waals surface area contributed by atoms with Crippen molar-refractivity contribution in [2.24, 2.45) is 11.3 Å². The summed E-state index contributed by atoms with van der Waals surface area (Å²) in [5.74, 6) is -0.925. The molecule has 0 spiro atoms. The first-order chi connectivity index (χ1) is 13.9. The number of halogens is 1. The number of benzene rings is 1. The Hall–Kier alpha value is -2.32. The van der Waals surface area contributed by atoms with Gasteiger partial charge in [-0.05, 0) is 42.7 Å². The smallest absolute Gasteiger partial charge is 0.260 e. The number of carbonyl (C=O) groups excluding carboxylic acids is 2. The van der Waals surface area contributed by atoms with Crippen LogP contribution in [0.25, 0.3) is 0 Å². The fourth-order valence-electron chi connectivity index (χ4n) is 3.73. The Kier molecular flexibility index (Phi) is 6.97. The molecule has 1 aromatic heterocycles. The Morgan fingerprint density at radius 3 is 2.76 bits per heavy atom. The van der Waals surface area contributed by atoms with E-state index in [0.29, 0.717) is 23.3 Å². The van der Waals surface area contributed by atoms with Crippen LogP contribution in [-0.4, -0.2) is 35.1 Å². The first-order valence-corrected chi connectivity index (χ1v) is 10.7. The molecule has 0 saturated heterocycles. The highest BCUT2D eigenvalue weighted by Gasteiger charge is 2.41. The van der Waals surface area contributed by atoms with Crippen molar-refractivity contribution >= 4 is 28.3 Å². The Balaban J connectivity index is 1.51. The summed E-state index contributed by atoms with van der Waals surface area (Å²) < 4.78 is 13.7. The van der Waals surface area contributed by atoms with Crippen LogP contribution in [0.2, 0.25) is 0 Å². The molecule has 29 heavy (non-hydrogen) atoms. The van der Waals surface area contributed by atoms with Crippen LogP contribution in [0.3, 0.4) is 0 Å². The summed E-state index contributed by atoms with van der Waals surface area (Å²) in [5.41, 5.74) is 0.589. The molecule has 1 atom stereocenters. The van der Waals surface area contributed by atoms with Gasteiger partial charge in [-0.3, -0.25) is 14.9 Å². The summed E-state index contributed by atoms with van der Waals surface area (Å²) in [6.07, 6.45) is 4.15. The van der Waals surface area contributed by atoms with E-state index in [1.54, 1.807) is 11.4 Å². The maximum absolute atomic E-state index is 13.7. The number of aromatic nitrogens is 1. The number of hydrogen-bond acceptors (Lipinski definition) is 5. The average molecular weight is 420 g/mol. The van der Waals surface area contributed by atoms with Crippen LogP contribution < -0.4 is 10.6 Å². The molecule has 2 amide bonds. The molecule has 0 unspecified atom stereocenters. The van der Waals surface area contributed by atoms with Gasteiger partial charge in [-0.1, -0.05) is 25.5 Å². The van der Waals surface area contributed by atoms with Gasteiger partial charge in [0.15, 0.2) is 5.13 Å². The molecule has 1 aromatic carbocycles. The van der Waals surface area contributed by atoms with Crippen molar-refractivity contribution < 1.29 is 19.1 Å². The molecule has 3 rings (SSSR count). The van der Waals surface area contributed by atoms with Crippen molar-refractivity contribution in [3.05, 3.63) is 46.7 Å². The molecule has 1 aliphatic rings. The molecule has 0 aliphatic heterocycles. The third-order valence-electron chi connectivity index (χ3n) is 5.83. The largest absolute Gasteiger partial charge is 0.396 e. The van der Waals surface area contributed by atoms with Gasteiger partial charge >= 0.3 is 0 Å². The summed E-state index contributed by atoms with van der Waals surface area (Å²) in [6.45, 7) is 2.90. The first kappa shape index (κ1) is 21.4. The van der Waals surface area contributed by atoms with Gasteiger partial charge < -0.3 is 10.4 Å². The van der Waals surface area contributed by atoms with Gasteiger partial charge in [0.25, 0.3) is 5.91 Å². The molecule has 1 saturated carbocycles. The summed E-state index contributed by atoms with van der Waals surface area (Å²) in [4.78, 5) is 28.8. The predicted octanol–water partition coefficient (Wildman–Crippen LogP) is 3.38. The molecule has 8 heteroatoms. The number of carbonyl (C=O) groups is 2. The molecule has 0 radical (unpaired) electrons. The van der Waals surface area contributed by atoms with Crippen LogP contribution in [0.15, 0.2) is 29.6 Å². The average Bonchev–Trinajstić information content (AvgIpc) is 3.08. The van der Waals surface area contributed by atoms with Crippen LogP contribution in [-0.2, 0) is 11.2 Å². The normalized spacial score (nSPS) is 16.0. The molecule has 2 aromatic rings. The van der Waals surface area contributed by atoms with Crippen molar-refractivity contribution in [1.29, 1.82) is 0 Å². The van der Waals surface area contributed by atoms with E-state index in [-0.39, 0.29) is 29.9 Å². The van der Waals surface area contributed by atoms with Crippen LogP contribution in [0.5, 0.6) is 0 Å². The number of rotatable bonds is 9. The number of aliphatic hydroxyl groups excluding tert-OH is 1. The van der Waals surface area contributed by atoms with E-state index in [1.807, 2.05) is 0 Å². The quantitative estimate of drug-likeness (QED) is 0.581. The lowest BCUT2D eigenvalue weighted by atomic mass is 9.60. The molecule has 0 bridgehead atoms. The van der Waals surface area contributed by atoms with Crippen LogP contribution in [0.1, 0.15) is 48.7 Å². The standard InChI is InChI=1S/C21H26FN3O3S/c1-14(7-10-26)21(8-4-9-21)13-23-18(27)11-15-12-29-20(24-15)25-19(28)16-5-2-3-6-17(16)22/h2-3,5-6,12,14,26H,4,7-11,13H2,1H3,(H,23,27)(H,24,25,28)/t14-/m1/s1. The second kappa shape index (κ2) is 9.45. The molecular formula is C21H26FN3O3S. The van der Waals surface area contributed by atoms with Crippen LogP contribution in [0, 0.1) is 17.2 Å². The fraction of sp³-hybridized carbons (Fsp3) is 0.476. The van der Waals surface area contributed by atoms with Gasteiger partial charge in [-0.15, -0.1) is 11.3 Å². The molecule has 1 fully saturated rings. The van der Waals surface area contributed by atoms with Crippen LogP contribution in [0.4, 0.5) is 9.52 Å². The van der Waals surface area contributed by atoms with Crippen molar-refractivity contribution in [2.45, 2.75) is 39.0 Å². The number of amides is 2. The van der Waals surface area contributed by atoms with Gasteiger partial charge in [0.1, 0.15) is 5.82 Å².